The van der Waals surface area contributed by atoms with E-state index in [1.54, 1.807) is 0 Å². The van der Waals surface area contributed by atoms with Crippen molar-refractivity contribution >= 4 is 5.90 Å². The van der Waals surface area contributed by atoms with Gasteiger partial charge >= 0.3 is 0 Å². The third-order valence-corrected chi connectivity index (χ3v) is 8.70. The highest BCUT2D eigenvalue weighted by molar-refractivity contribution is 5.93. The van der Waals surface area contributed by atoms with Crippen molar-refractivity contribution in [1.82, 2.24) is 4.98 Å². The van der Waals surface area contributed by atoms with Crippen molar-refractivity contribution in [2.45, 2.75) is 82.3 Å². The number of aromatic nitrogens is 1. The van der Waals surface area contributed by atoms with Crippen LogP contribution < -0.4 is 0 Å². The highest BCUT2D eigenvalue weighted by Gasteiger charge is 2.36. The van der Waals surface area contributed by atoms with Crippen molar-refractivity contribution in [3.05, 3.63) is 101 Å². The second-order valence-corrected chi connectivity index (χ2v) is 11.0. The number of ether oxygens (including phenoxy) is 1. The first-order valence-corrected chi connectivity index (χ1v) is 14.2. The predicted octanol–water partition coefficient (Wildman–Crippen LogP) is 8.59. The van der Waals surface area contributed by atoms with Gasteiger partial charge in [-0.15, -0.1) is 0 Å². The molecule has 0 saturated heterocycles. The lowest BCUT2D eigenvalue weighted by Crippen LogP contribution is -2.26. The fraction of sp³-hybridized carbons (Fsp3) is 0.455. The SMILES string of the molecule is c1ccc([C@H]2N=C(c3cccc(C(C4CCCCC4)C4CCCCC4)n3)O[C@@H]2c2ccccc2)cc1. The summed E-state index contributed by atoms with van der Waals surface area (Å²) in [7, 11) is 0. The lowest BCUT2D eigenvalue weighted by Gasteiger charge is -2.37. The standard InChI is InChI=1S/C33H38N2O/c1-5-14-24(15-6-1)30(25-16-7-2-8-17-25)28-22-13-23-29(34-28)33-35-31(26-18-9-3-10-19-26)32(36-33)27-20-11-4-12-21-27/h3-4,9-13,18-25,30-32H,1-2,5-8,14-17H2/t31-,32-/m1/s1. The van der Waals surface area contributed by atoms with Gasteiger partial charge in [-0.1, -0.05) is 105 Å². The summed E-state index contributed by atoms with van der Waals surface area (Å²) in [6.45, 7) is 0. The van der Waals surface area contributed by atoms with Gasteiger partial charge in [-0.2, -0.15) is 0 Å². The normalized spacial score (nSPS) is 23.4. The Morgan fingerprint density at radius 3 is 1.81 bits per heavy atom. The summed E-state index contributed by atoms with van der Waals surface area (Å²) in [5.74, 6) is 2.79. The zero-order chi connectivity index (χ0) is 24.2. The van der Waals surface area contributed by atoms with Crippen LogP contribution in [0.3, 0.4) is 0 Å². The maximum Gasteiger partial charge on any atom is 0.236 e. The van der Waals surface area contributed by atoms with Gasteiger partial charge in [0.2, 0.25) is 5.90 Å². The van der Waals surface area contributed by atoms with Crippen LogP contribution in [-0.2, 0) is 4.74 Å². The number of nitrogens with zero attached hydrogens (tertiary/aromatic N) is 2. The van der Waals surface area contributed by atoms with Crippen LogP contribution >= 0.6 is 0 Å². The second-order valence-electron chi connectivity index (χ2n) is 11.0. The Hall–Kier alpha value is -2.94. The Morgan fingerprint density at radius 2 is 1.19 bits per heavy atom. The Labute approximate surface area is 216 Å². The van der Waals surface area contributed by atoms with Crippen molar-refractivity contribution < 1.29 is 4.74 Å². The summed E-state index contributed by atoms with van der Waals surface area (Å²) >= 11 is 0. The molecule has 3 heteroatoms. The number of hydrogen-bond acceptors (Lipinski definition) is 3. The van der Waals surface area contributed by atoms with Crippen molar-refractivity contribution in [2.24, 2.45) is 16.8 Å². The summed E-state index contributed by atoms with van der Waals surface area (Å²) in [4.78, 5) is 10.4. The Bertz CT molecular complexity index is 1130. The van der Waals surface area contributed by atoms with Gasteiger partial charge in [0.05, 0.1) is 0 Å². The lowest BCUT2D eigenvalue weighted by atomic mass is 9.68. The molecule has 0 amide bonds. The molecular weight excluding hydrogens is 440 g/mol. The monoisotopic (exact) mass is 478 g/mol. The summed E-state index contributed by atoms with van der Waals surface area (Å²) in [5, 5.41) is 0. The second kappa shape index (κ2) is 11.0. The van der Waals surface area contributed by atoms with E-state index in [0.29, 0.717) is 11.8 Å². The highest BCUT2D eigenvalue weighted by atomic mass is 16.5. The summed E-state index contributed by atoms with van der Waals surface area (Å²) < 4.78 is 6.61. The van der Waals surface area contributed by atoms with E-state index in [4.69, 9.17) is 14.7 Å². The fourth-order valence-corrected chi connectivity index (χ4v) is 6.94. The van der Waals surface area contributed by atoms with Gasteiger partial charge in [0.1, 0.15) is 11.7 Å². The molecule has 0 N–H and O–H groups in total. The molecule has 2 fully saturated rings. The van der Waals surface area contributed by atoms with Gasteiger partial charge in [0.15, 0.2) is 6.10 Å². The molecule has 3 aliphatic rings. The van der Waals surface area contributed by atoms with Crippen molar-refractivity contribution in [1.29, 1.82) is 0 Å². The van der Waals surface area contributed by atoms with Crippen LogP contribution in [0, 0.1) is 11.8 Å². The Balaban J connectivity index is 1.34. The molecule has 0 unspecified atom stereocenters. The van der Waals surface area contributed by atoms with Gasteiger partial charge in [-0.3, -0.25) is 0 Å². The molecule has 0 bridgehead atoms. The van der Waals surface area contributed by atoms with Crippen molar-refractivity contribution in [2.75, 3.05) is 0 Å². The molecule has 1 aromatic heterocycles. The van der Waals surface area contributed by atoms with Crippen LogP contribution in [-0.4, -0.2) is 10.9 Å². The molecule has 2 aromatic carbocycles. The smallest absolute Gasteiger partial charge is 0.236 e. The van der Waals surface area contributed by atoms with Crippen LogP contribution in [0.2, 0.25) is 0 Å². The third-order valence-electron chi connectivity index (χ3n) is 8.70. The fourth-order valence-electron chi connectivity index (χ4n) is 6.94. The topological polar surface area (TPSA) is 34.5 Å². The molecular formula is C33H38N2O. The molecule has 0 spiro atoms. The van der Waals surface area contributed by atoms with E-state index in [2.05, 4.69) is 78.9 Å². The number of hydrogen-bond donors (Lipinski definition) is 0. The molecule has 1 aliphatic heterocycles. The molecule has 2 saturated carbocycles. The molecule has 0 radical (unpaired) electrons. The van der Waals surface area contributed by atoms with E-state index < -0.39 is 0 Å². The van der Waals surface area contributed by atoms with Crippen LogP contribution in [0.5, 0.6) is 0 Å². The van der Waals surface area contributed by atoms with Gasteiger partial charge < -0.3 is 4.74 Å². The zero-order valence-electron chi connectivity index (χ0n) is 21.3. The van der Waals surface area contributed by atoms with Crippen LogP contribution in [0.15, 0.2) is 83.9 Å². The van der Waals surface area contributed by atoms with Gasteiger partial charge in [-0.25, -0.2) is 9.98 Å². The number of aliphatic imine (C=N–C) groups is 1. The van der Waals surface area contributed by atoms with Gasteiger partial charge in [0.25, 0.3) is 0 Å². The van der Waals surface area contributed by atoms with E-state index in [1.165, 1.54) is 75.5 Å². The number of rotatable bonds is 6. The van der Waals surface area contributed by atoms with E-state index in [-0.39, 0.29) is 12.1 Å². The maximum absolute atomic E-state index is 6.61. The van der Waals surface area contributed by atoms with E-state index in [1.807, 2.05) is 0 Å². The third kappa shape index (κ3) is 4.98. The highest BCUT2D eigenvalue weighted by Crippen LogP contribution is 2.46. The maximum atomic E-state index is 6.61. The molecule has 3 aromatic rings. The Kier molecular flexibility index (Phi) is 7.16. The minimum Gasteiger partial charge on any atom is -0.465 e. The molecule has 2 aliphatic carbocycles. The number of pyridine rings is 1. The number of benzene rings is 2. The van der Waals surface area contributed by atoms with E-state index in [0.717, 1.165) is 23.1 Å². The molecule has 2 atom stereocenters. The molecule has 6 rings (SSSR count). The largest absolute Gasteiger partial charge is 0.465 e. The van der Waals surface area contributed by atoms with Crippen molar-refractivity contribution in [3.8, 4) is 0 Å². The van der Waals surface area contributed by atoms with Crippen molar-refractivity contribution in [3.63, 3.8) is 0 Å². The zero-order valence-corrected chi connectivity index (χ0v) is 21.3. The summed E-state index contributed by atoms with van der Waals surface area (Å²) in [6, 6.07) is 27.5. The van der Waals surface area contributed by atoms with E-state index in [9.17, 15) is 0 Å². The minimum atomic E-state index is -0.137. The first-order valence-electron chi connectivity index (χ1n) is 14.2. The molecule has 36 heavy (non-hydrogen) atoms. The average molecular weight is 479 g/mol. The first kappa shape index (κ1) is 23.5. The van der Waals surface area contributed by atoms with Crippen LogP contribution in [0.1, 0.15) is 105 Å². The Morgan fingerprint density at radius 1 is 0.611 bits per heavy atom. The lowest BCUT2D eigenvalue weighted by molar-refractivity contribution is 0.194. The van der Waals surface area contributed by atoms with Crippen LogP contribution in [0.25, 0.3) is 0 Å². The summed E-state index contributed by atoms with van der Waals surface area (Å²) in [5.41, 5.74) is 4.50. The minimum absolute atomic E-state index is 0.0680. The van der Waals surface area contributed by atoms with Gasteiger partial charge in [0, 0.05) is 11.6 Å². The summed E-state index contributed by atoms with van der Waals surface area (Å²) in [6.07, 6.45) is 13.6. The molecule has 3 nitrogen and oxygen atoms in total. The average Bonchev–Trinajstić information content (AvgIpc) is 3.41. The predicted molar refractivity (Wildman–Crippen MR) is 146 cm³/mol. The quantitative estimate of drug-likeness (QED) is 0.355. The molecule has 186 valence electrons. The van der Waals surface area contributed by atoms with E-state index >= 15 is 0 Å². The first-order chi connectivity index (χ1) is 17.9. The van der Waals surface area contributed by atoms with Gasteiger partial charge in [-0.05, 0) is 60.8 Å². The molecule has 2 heterocycles. The van der Waals surface area contributed by atoms with Crippen LogP contribution in [0.4, 0.5) is 0 Å².